The maximum absolute atomic E-state index is 9.56. The average molecular weight is 490 g/mol. The van der Waals surface area contributed by atoms with Gasteiger partial charge in [-0.1, -0.05) is 30.3 Å². The number of aromatic nitrogens is 4. The number of rotatable bonds is 5. The Morgan fingerprint density at radius 1 is 1.12 bits per heavy atom. The van der Waals surface area contributed by atoms with Crippen molar-refractivity contribution in [1.82, 2.24) is 19.6 Å². The second-order valence-electron chi connectivity index (χ2n) is 7.63. The lowest BCUT2D eigenvalue weighted by atomic mass is 10.1. The Kier molecular flexibility index (Phi) is 5.24. The van der Waals surface area contributed by atoms with Gasteiger partial charge in [0.2, 0.25) is 5.88 Å². The zero-order chi connectivity index (χ0) is 22.2. The number of ether oxygens (including phenoxy) is 1. The first-order chi connectivity index (χ1) is 15.5. The van der Waals surface area contributed by atoms with E-state index in [4.69, 9.17) is 15.5 Å². The van der Waals surface area contributed by atoms with Crippen molar-refractivity contribution in [3.8, 4) is 22.8 Å². The molecule has 0 saturated heterocycles. The minimum absolute atomic E-state index is 0.341. The molecule has 2 aromatic carbocycles. The summed E-state index contributed by atoms with van der Waals surface area (Å²) >= 11 is 3.49. The molecule has 3 N–H and O–H groups in total. The number of halogens is 1. The van der Waals surface area contributed by atoms with Gasteiger partial charge in [-0.3, -0.25) is 4.98 Å². The van der Waals surface area contributed by atoms with Crippen LogP contribution in [0.4, 0.5) is 5.82 Å². The first-order valence-corrected chi connectivity index (χ1v) is 10.9. The van der Waals surface area contributed by atoms with Crippen LogP contribution in [0, 0.1) is 0 Å². The summed E-state index contributed by atoms with van der Waals surface area (Å²) in [6, 6.07) is 17.5. The molecule has 0 amide bonds. The van der Waals surface area contributed by atoms with Crippen molar-refractivity contribution < 1.29 is 9.84 Å². The van der Waals surface area contributed by atoms with Gasteiger partial charge in [-0.25, -0.2) is 0 Å². The normalized spacial score (nSPS) is 12.3. The summed E-state index contributed by atoms with van der Waals surface area (Å²) in [7, 11) is 0. The number of benzene rings is 2. The van der Waals surface area contributed by atoms with Crippen molar-refractivity contribution in [3.05, 3.63) is 77.0 Å². The van der Waals surface area contributed by atoms with E-state index in [1.54, 1.807) is 23.8 Å². The van der Waals surface area contributed by atoms with Gasteiger partial charge in [-0.05, 0) is 59.1 Å². The summed E-state index contributed by atoms with van der Waals surface area (Å²) in [4.78, 5) is 9.25. The number of para-hydroxylation sites is 1. The lowest BCUT2D eigenvalue weighted by molar-refractivity contribution is 0.195. The van der Waals surface area contributed by atoms with Crippen LogP contribution in [0.1, 0.15) is 12.5 Å². The van der Waals surface area contributed by atoms with Crippen LogP contribution in [0.5, 0.6) is 11.6 Å². The summed E-state index contributed by atoms with van der Waals surface area (Å²) in [5.74, 6) is 1.34. The fourth-order valence-corrected chi connectivity index (χ4v) is 3.95. The van der Waals surface area contributed by atoms with Crippen molar-refractivity contribution in [3.63, 3.8) is 0 Å². The van der Waals surface area contributed by atoms with Crippen molar-refractivity contribution in [1.29, 1.82) is 0 Å². The van der Waals surface area contributed by atoms with E-state index in [1.807, 2.05) is 48.5 Å². The Hall–Kier alpha value is -3.49. The molecule has 1 unspecified atom stereocenters. The predicted octanol–water partition coefficient (Wildman–Crippen LogP) is 5.00. The van der Waals surface area contributed by atoms with Crippen molar-refractivity contribution in [2.75, 3.05) is 5.73 Å². The molecule has 3 heterocycles. The van der Waals surface area contributed by atoms with Crippen LogP contribution in [0.3, 0.4) is 0 Å². The highest BCUT2D eigenvalue weighted by atomic mass is 79.9. The fraction of sp³-hybridized carbons (Fsp3) is 0.125. The van der Waals surface area contributed by atoms with E-state index in [0.717, 1.165) is 27.6 Å². The maximum Gasteiger partial charge on any atom is 0.239 e. The Morgan fingerprint density at radius 2 is 1.91 bits per heavy atom. The SMILES string of the molecule is CC(O)Cc1ccc(Oc2nc3c(-c4cnc5ccccc5c4)cnn3c(N)c2Br)cc1. The van der Waals surface area contributed by atoms with Crippen LogP contribution >= 0.6 is 15.9 Å². The Morgan fingerprint density at radius 3 is 2.69 bits per heavy atom. The van der Waals surface area contributed by atoms with E-state index < -0.39 is 6.10 Å². The third-order valence-corrected chi connectivity index (χ3v) is 5.91. The number of hydrogen-bond donors (Lipinski definition) is 2. The van der Waals surface area contributed by atoms with Gasteiger partial charge in [-0.15, -0.1) is 0 Å². The highest BCUT2D eigenvalue weighted by molar-refractivity contribution is 9.10. The molecule has 160 valence electrons. The van der Waals surface area contributed by atoms with E-state index in [2.05, 4.69) is 32.1 Å². The predicted molar refractivity (Wildman–Crippen MR) is 128 cm³/mol. The molecular formula is C24H20BrN5O2. The number of aliphatic hydroxyl groups excluding tert-OH is 1. The van der Waals surface area contributed by atoms with Gasteiger partial charge in [0.1, 0.15) is 16.0 Å². The zero-order valence-corrected chi connectivity index (χ0v) is 18.8. The smallest absolute Gasteiger partial charge is 0.239 e. The number of aliphatic hydroxyl groups is 1. The van der Waals surface area contributed by atoms with Crippen LogP contribution < -0.4 is 10.5 Å². The molecule has 0 aliphatic carbocycles. The van der Waals surface area contributed by atoms with Gasteiger partial charge >= 0.3 is 0 Å². The van der Waals surface area contributed by atoms with Crippen molar-refractivity contribution in [2.24, 2.45) is 0 Å². The van der Waals surface area contributed by atoms with Gasteiger partial charge in [0.05, 0.1) is 17.8 Å². The number of fused-ring (bicyclic) bond motifs is 2. The third-order valence-electron chi connectivity index (χ3n) is 5.16. The number of nitrogens with zero attached hydrogens (tertiary/aromatic N) is 4. The molecule has 0 saturated carbocycles. The van der Waals surface area contributed by atoms with Crippen LogP contribution in [0.25, 0.3) is 27.7 Å². The first-order valence-electron chi connectivity index (χ1n) is 10.1. The van der Waals surface area contributed by atoms with E-state index in [-0.39, 0.29) is 0 Å². The monoisotopic (exact) mass is 489 g/mol. The van der Waals surface area contributed by atoms with Gasteiger partial charge in [0, 0.05) is 22.7 Å². The maximum atomic E-state index is 9.56. The summed E-state index contributed by atoms with van der Waals surface area (Å²) in [6.45, 7) is 1.76. The summed E-state index contributed by atoms with van der Waals surface area (Å²) in [5.41, 5.74) is 10.5. The Labute approximate surface area is 192 Å². The quantitative estimate of drug-likeness (QED) is 0.360. The minimum atomic E-state index is -0.398. The van der Waals surface area contributed by atoms with E-state index in [1.165, 1.54) is 0 Å². The largest absolute Gasteiger partial charge is 0.438 e. The first kappa shape index (κ1) is 20.4. The summed E-state index contributed by atoms with van der Waals surface area (Å²) < 4.78 is 8.13. The van der Waals surface area contributed by atoms with Gasteiger partial charge in [0.15, 0.2) is 5.65 Å². The van der Waals surface area contributed by atoms with Gasteiger partial charge < -0.3 is 15.6 Å². The molecule has 8 heteroatoms. The fourth-order valence-electron chi connectivity index (χ4n) is 3.61. The molecule has 3 aromatic heterocycles. The third kappa shape index (κ3) is 3.79. The molecule has 0 bridgehead atoms. The second kappa shape index (κ2) is 8.22. The zero-order valence-electron chi connectivity index (χ0n) is 17.2. The van der Waals surface area contributed by atoms with Crippen molar-refractivity contribution in [2.45, 2.75) is 19.4 Å². The highest BCUT2D eigenvalue weighted by Crippen LogP contribution is 2.36. The summed E-state index contributed by atoms with van der Waals surface area (Å²) in [6.07, 6.45) is 3.72. The van der Waals surface area contributed by atoms with Crippen LogP contribution in [0.15, 0.2) is 71.5 Å². The molecule has 5 aromatic rings. The molecule has 0 fully saturated rings. The highest BCUT2D eigenvalue weighted by Gasteiger charge is 2.18. The Balaban J connectivity index is 1.55. The standard InChI is InChI=1S/C24H20BrN5O2/c1-14(31)10-15-6-8-18(9-7-15)32-24-21(25)22(26)30-23(29-24)19(13-28-30)17-11-16-4-2-3-5-20(16)27-12-17/h2-9,11-14,31H,10,26H2,1H3. The molecule has 0 spiro atoms. The lowest BCUT2D eigenvalue weighted by Gasteiger charge is -2.11. The molecule has 7 nitrogen and oxygen atoms in total. The van der Waals surface area contributed by atoms with Crippen LogP contribution in [-0.2, 0) is 6.42 Å². The average Bonchev–Trinajstić information content (AvgIpc) is 3.22. The molecule has 1 atom stereocenters. The summed E-state index contributed by atoms with van der Waals surface area (Å²) in [5, 5.41) is 15.0. The molecule has 32 heavy (non-hydrogen) atoms. The molecule has 0 radical (unpaired) electrons. The van der Waals surface area contributed by atoms with E-state index in [0.29, 0.717) is 34.0 Å². The number of nitrogens with two attached hydrogens (primary N) is 1. The van der Waals surface area contributed by atoms with Crippen LogP contribution in [0.2, 0.25) is 0 Å². The molecular weight excluding hydrogens is 470 g/mol. The molecule has 0 aliphatic heterocycles. The number of hydrogen-bond acceptors (Lipinski definition) is 6. The van der Waals surface area contributed by atoms with E-state index >= 15 is 0 Å². The van der Waals surface area contributed by atoms with Crippen LogP contribution in [-0.4, -0.2) is 30.8 Å². The second-order valence-corrected chi connectivity index (χ2v) is 8.42. The van der Waals surface area contributed by atoms with E-state index in [9.17, 15) is 5.11 Å². The van der Waals surface area contributed by atoms with Crippen molar-refractivity contribution >= 4 is 38.3 Å². The molecule has 0 aliphatic rings. The number of pyridine rings is 1. The minimum Gasteiger partial charge on any atom is -0.438 e. The number of nitrogen functional groups attached to an aromatic ring is 1. The Bertz CT molecular complexity index is 1430. The lowest BCUT2D eigenvalue weighted by Crippen LogP contribution is -2.04. The molecule has 5 rings (SSSR count). The topological polar surface area (TPSA) is 98.6 Å². The number of anilines is 1. The van der Waals surface area contributed by atoms with Gasteiger partial charge in [0.25, 0.3) is 0 Å². The van der Waals surface area contributed by atoms with Gasteiger partial charge in [-0.2, -0.15) is 14.6 Å².